The molecule has 2 aliphatic rings. The maximum Gasteiger partial charge on any atom is 0.341 e. The van der Waals surface area contributed by atoms with Gasteiger partial charge in [0.05, 0.1) is 18.4 Å². The predicted octanol–water partition coefficient (Wildman–Crippen LogP) is 1.07. The summed E-state index contributed by atoms with van der Waals surface area (Å²) in [6, 6.07) is 0.450. The van der Waals surface area contributed by atoms with E-state index < -0.39 is 0 Å². The summed E-state index contributed by atoms with van der Waals surface area (Å²) in [5.41, 5.74) is 0.468. The van der Waals surface area contributed by atoms with Crippen LogP contribution >= 0.6 is 0 Å². The zero-order chi connectivity index (χ0) is 14.1. The van der Waals surface area contributed by atoms with Gasteiger partial charge >= 0.3 is 5.97 Å². The van der Waals surface area contributed by atoms with E-state index in [1.165, 1.54) is 6.20 Å². The van der Waals surface area contributed by atoms with E-state index in [0.29, 0.717) is 24.6 Å². The lowest BCUT2D eigenvalue weighted by molar-refractivity contribution is -0.128. The molecule has 1 atom stereocenters. The van der Waals surface area contributed by atoms with E-state index in [1.807, 2.05) is 11.8 Å². The third-order valence-corrected chi connectivity index (χ3v) is 3.87. The van der Waals surface area contributed by atoms with Crippen LogP contribution in [0.1, 0.15) is 36.5 Å². The summed E-state index contributed by atoms with van der Waals surface area (Å²) < 4.78 is 6.98. The molecule has 6 heteroatoms. The largest absolute Gasteiger partial charge is 0.462 e. The van der Waals surface area contributed by atoms with Crippen molar-refractivity contribution in [3.63, 3.8) is 0 Å². The van der Waals surface area contributed by atoms with Crippen molar-refractivity contribution < 1.29 is 14.3 Å². The molecule has 1 unspecified atom stereocenters. The fourth-order valence-electron chi connectivity index (χ4n) is 2.58. The van der Waals surface area contributed by atoms with Gasteiger partial charge in [0, 0.05) is 37.7 Å². The summed E-state index contributed by atoms with van der Waals surface area (Å²) in [4.78, 5) is 25.6. The zero-order valence-electron chi connectivity index (χ0n) is 11.6. The number of hydrogen-bond donors (Lipinski definition) is 0. The summed E-state index contributed by atoms with van der Waals surface area (Å²) in [7, 11) is 0. The number of aromatic nitrogens is 2. The maximum atomic E-state index is 11.9. The van der Waals surface area contributed by atoms with Crippen LogP contribution in [0.15, 0.2) is 12.4 Å². The first kappa shape index (κ1) is 13.1. The van der Waals surface area contributed by atoms with Crippen LogP contribution in [0.25, 0.3) is 0 Å². The van der Waals surface area contributed by atoms with Crippen LogP contribution in [0.4, 0.5) is 0 Å². The molecule has 1 aromatic rings. The summed E-state index contributed by atoms with van der Waals surface area (Å²) >= 11 is 0. The van der Waals surface area contributed by atoms with Crippen molar-refractivity contribution in [2.75, 3.05) is 13.2 Å². The Morgan fingerprint density at radius 2 is 2.30 bits per heavy atom. The van der Waals surface area contributed by atoms with Crippen molar-refractivity contribution in [2.24, 2.45) is 5.92 Å². The summed E-state index contributed by atoms with van der Waals surface area (Å²) in [5, 5.41) is 4.04. The first-order valence-electron chi connectivity index (χ1n) is 7.16. The second kappa shape index (κ2) is 5.26. The average molecular weight is 277 g/mol. The molecule has 1 aliphatic carbocycles. The van der Waals surface area contributed by atoms with Gasteiger partial charge in [0.25, 0.3) is 0 Å². The average Bonchev–Trinajstić information content (AvgIpc) is 3.04. The Bertz CT molecular complexity index is 521. The second-order valence-corrected chi connectivity index (χ2v) is 5.53. The van der Waals surface area contributed by atoms with Gasteiger partial charge in [-0.3, -0.25) is 9.48 Å². The number of esters is 1. The monoisotopic (exact) mass is 277 g/mol. The highest BCUT2D eigenvalue weighted by atomic mass is 16.5. The van der Waals surface area contributed by atoms with Crippen LogP contribution in [-0.2, 0) is 16.1 Å². The van der Waals surface area contributed by atoms with Gasteiger partial charge in [-0.1, -0.05) is 0 Å². The molecule has 6 nitrogen and oxygen atoms in total. The zero-order valence-corrected chi connectivity index (χ0v) is 11.6. The van der Waals surface area contributed by atoms with Gasteiger partial charge in [-0.2, -0.15) is 5.10 Å². The third kappa shape index (κ3) is 2.69. The third-order valence-electron chi connectivity index (χ3n) is 3.87. The van der Waals surface area contributed by atoms with Crippen molar-refractivity contribution in [3.05, 3.63) is 18.0 Å². The SMILES string of the molecule is CCn1cc(C(=O)OCC2CC(=O)N(C3CC3)C2)cn1. The normalized spacial score (nSPS) is 22.4. The van der Waals surface area contributed by atoms with Crippen LogP contribution in [0.5, 0.6) is 0 Å². The Labute approximate surface area is 117 Å². The van der Waals surface area contributed by atoms with E-state index in [9.17, 15) is 9.59 Å². The molecule has 1 saturated heterocycles. The molecule has 0 radical (unpaired) electrons. The van der Waals surface area contributed by atoms with E-state index in [0.717, 1.165) is 25.9 Å². The number of carbonyl (C=O) groups excluding carboxylic acids is 2. The Balaban J connectivity index is 1.49. The molecule has 0 bridgehead atoms. The smallest absolute Gasteiger partial charge is 0.341 e. The van der Waals surface area contributed by atoms with Crippen LogP contribution in [0.3, 0.4) is 0 Å². The Kier molecular flexibility index (Phi) is 3.46. The second-order valence-electron chi connectivity index (χ2n) is 5.53. The molecule has 1 amide bonds. The highest BCUT2D eigenvalue weighted by Crippen LogP contribution is 2.32. The molecule has 3 rings (SSSR count). The predicted molar refractivity (Wildman–Crippen MR) is 71.0 cm³/mol. The minimum Gasteiger partial charge on any atom is -0.462 e. The molecule has 2 fully saturated rings. The number of amides is 1. The van der Waals surface area contributed by atoms with E-state index >= 15 is 0 Å². The van der Waals surface area contributed by atoms with Crippen molar-refractivity contribution >= 4 is 11.9 Å². The molecule has 1 aliphatic heterocycles. The number of ether oxygens (including phenoxy) is 1. The molecule has 20 heavy (non-hydrogen) atoms. The number of carbonyl (C=O) groups is 2. The molecule has 0 N–H and O–H groups in total. The number of hydrogen-bond acceptors (Lipinski definition) is 4. The lowest BCUT2D eigenvalue weighted by Gasteiger charge is -2.15. The summed E-state index contributed by atoms with van der Waals surface area (Å²) in [5.74, 6) is -0.0253. The maximum absolute atomic E-state index is 11.9. The van der Waals surface area contributed by atoms with Crippen molar-refractivity contribution in [2.45, 2.75) is 38.8 Å². The van der Waals surface area contributed by atoms with Gasteiger partial charge in [0.15, 0.2) is 0 Å². The number of aryl methyl sites for hydroxylation is 1. The van der Waals surface area contributed by atoms with Gasteiger partial charge in [0.1, 0.15) is 0 Å². The molecule has 108 valence electrons. The van der Waals surface area contributed by atoms with Gasteiger partial charge in [-0.15, -0.1) is 0 Å². The van der Waals surface area contributed by atoms with Crippen LogP contribution < -0.4 is 0 Å². The Morgan fingerprint density at radius 1 is 1.50 bits per heavy atom. The quantitative estimate of drug-likeness (QED) is 0.755. The lowest BCUT2D eigenvalue weighted by atomic mass is 10.1. The van der Waals surface area contributed by atoms with E-state index in [4.69, 9.17) is 4.74 Å². The Hall–Kier alpha value is -1.85. The van der Waals surface area contributed by atoms with E-state index in [1.54, 1.807) is 10.9 Å². The van der Waals surface area contributed by atoms with Crippen molar-refractivity contribution in [3.8, 4) is 0 Å². The van der Waals surface area contributed by atoms with Gasteiger partial charge < -0.3 is 9.64 Å². The molecular formula is C14H19N3O3. The minimum absolute atomic E-state index is 0.133. The van der Waals surface area contributed by atoms with Crippen molar-refractivity contribution in [1.29, 1.82) is 0 Å². The standard InChI is InChI=1S/C14H19N3O3/c1-2-16-8-11(6-15-16)14(19)20-9-10-5-13(18)17(7-10)12-3-4-12/h6,8,10,12H,2-5,7,9H2,1H3. The number of likely N-dealkylation sites (tertiary alicyclic amines) is 1. The van der Waals surface area contributed by atoms with Crippen LogP contribution in [0.2, 0.25) is 0 Å². The lowest BCUT2D eigenvalue weighted by Crippen LogP contribution is -2.27. The molecule has 0 spiro atoms. The van der Waals surface area contributed by atoms with Crippen LogP contribution in [0, 0.1) is 5.92 Å². The van der Waals surface area contributed by atoms with Gasteiger partial charge in [-0.05, 0) is 19.8 Å². The van der Waals surface area contributed by atoms with Gasteiger partial charge in [-0.25, -0.2) is 4.79 Å². The molecule has 1 aromatic heterocycles. The van der Waals surface area contributed by atoms with E-state index in [2.05, 4.69) is 5.10 Å². The van der Waals surface area contributed by atoms with Crippen molar-refractivity contribution in [1.82, 2.24) is 14.7 Å². The number of rotatable bonds is 5. The minimum atomic E-state index is -0.359. The fraction of sp³-hybridized carbons (Fsp3) is 0.643. The summed E-state index contributed by atoms with van der Waals surface area (Å²) in [6.07, 6.45) is 5.93. The molecule has 1 saturated carbocycles. The highest BCUT2D eigenvalue weighted by molar-refractivity contribution is 5.88. The molecule has 2 heterocycles. The van der Waals surface area contributed by atoms with Crippen LogP contribution in [-0.4, -0.2) is 45.8 Å². The number of nitrogens with zero attached hydrogens (tertiary/aromatic N) is 3. The fourth-order valence-corrected chi connectivity index (χ4v) is 2.58. The van der Waals surface area contributed by atoms with Gasteiger partial charge in [0.2, 0.25) is 5.91 Å². The first-order chi connectivity index (χ1) is 9.67. The first-order valence-corrected chi connectivity index (χ1v) is 7.16. The molecular weight excluding hydrogens is 258 g/mol. The summed E-state index contributed by atoms with van der Waals surface area (Å²) in [6.45, 7) is 3.72. The highest BCUT2D eigenvalue weighted by Gasteiger charge is 2.39. The van der Waals surface area contributed by atoms with E-state index in [-0.39, 0.29) is 17.8 Å². The topological polar surface area (TPSA) is 64.4 Å². The Morgan fingerprint density at radius 3 is 2.95 bits per heavy atom. The molecule has 0 aromatic carbocycles.